The number of aliphatic hydroxyl groups is 1. The number of nitrogens with two attached hydrogens (primary N) is 1. The van der Waals surface area contributed by atoms with Crippen molar-refractivity contribution in [1.29, 1.82) is 0 Å². The van der Waals surface area contributed by atoms with Crippen molar-refractivity contribution >= 4 is 50.1 Å². The summed E-state index contributed by atoms with van der Waals surface area (Å²) in [4.78, 5) is 34.6. The van der Waals surface area contributed by atoms with Crippen LogP contribution in [0, 0.1) is 12.7 Å². The van der Waals surface area contributed by atoms with Crippen LogP contribution in [-0.4, -0.2) is 54.4 Å². The zero-order chi connectivity index (χ0) is 25.8. The largest absolute Gasteiger partial charge is 0.382 e. The van der Waals surface area contributed by atoms with Crippen molar-refractivity contribution in [3.8, 4) is 5.69 Å². The van der Waals surface area contributed by atoms with Gasteiger partial charge in [0, 0.05) is 17.1 Å². The summed E-state index contributed by atoms with van der Waals surface area (Å²) in [5.74, 6) is -0.310. The number of aryl methyl sites for hydroxylation is 1. The van der Waals surface area contributed by atoms with Gasteiger partial charge in [0.25, 0.3) is 11.5 Å². The number of aromatic nitrogens is 5. The highest BCUT2D eigenvalue weighted by Crippen LogP contribution is 2.31. The van der Waals surface area contributed by atoms with Crippen molar-refractivity contribution in [2.45, 2.75) is 19.1 Å². The number of nitrogens with zero attached hydrogens (tertiary/aromatic N) is 5. The maximum absolute atomic E-state index is 13.4. The van der Waals surface area contributed by atoms with Crippen LogP contribution in [-0.2, 0) is 9.53 Å². The number of nitrogens with one attached hydrogen (secondary N) is 1. The molecule has 6 rings (SSSR count). The van der Waals surface area contributed by atoms with E-state index >= 15 is 0 Å². The number of carbonyl (C=O) groups excluding carboxylic acids is 1. The van der Waals surface area contributed by atoms with E-state index in [1.54, 1.807) is 35.0 Å². The molecule has 2 atom stereocenters. The molecule has 0 spiro atoms. The fourth-order valence-corrected chi connectivity index (χ4v) is 5.30. The molecule has 1 fully saturated rings. The summed E-state index contributed by atoms with van der Waals surface area (Å²) < 4.78 is 25.2. The van der Waals surface area contributed by atoms with Gasteiger partial charge in [-0.05, 0) is 54.9 Å². The van der Waals surface area contributed by atoms with Crippen LogP contribution in [0.4, 0.5) is 16.0 Å². The van der Waals surface area contributed by atoms with Crippen molar-refractivity contribution in [2.24, 2.45) is 0 Å². The van der Waals surface area contributed by atoms with Crippen LogP contribution in [0.25, 0.3) is 26.7 Å². The number of hydrogen-bond donors (Lipinski definition) is 3. The Kier molecular flexibility index (Phi) is 5.47. The maximum atomic E-state index is 13.4. The molecule has 0 bridgehead atoms. The second-order valence-electron chi connectivity index (χ2n) is 8.62. The molecule has 4 N–H and O–H groups in total. The topological polar surface area (TPSA) is 152 Å². The number of carbonyl (C=O) groups is 1. The molecule has 2 aromatic carbocycles. The van der Waals surface area contributed by atoms with Crippen LogP contribution in [0.15, 0.2) is 47.3 Å². The Hall–Kier alpha value is -4.20. The molecule has 0 unspecified atom stereocenters. The lowest BCUT2D eigenvalue weighted by atomic mass is 10.1. The highest BCUT2D eigenvalue weighted by atomic mass is 32.1. The van der Waals surface area contributed by atoms with Crippen LogP contribution in [0.3, 0.4) is 0 Å². The van der Waals surface area contributed by atoms with Crippen molar-refractivity contribution in [1.82, 2.24) is 24.1 Å². The molecule has 0 aliphatic carbocycles. The van der Waals surface area contributed by atoms with Crippen molar-refractivity contribution < 1.29 is 19.0 Å². The first-order valence-corrected chi connectivity index (χ1v) is 12.1. The molecule has 37 heavy (non-hydrogen) atoms. The summed E-state index contributed by atoms with van der Waals surface area (Å²) >= 11 is 1.09. The first kappa shape index (κ1) is 23.2. The molecule has 188 valence electrons. The molecule has 1 aliphatic heterocycles. The molecule has 11 nitrogen and oxygen atoms in total. The maximum Gasteiger partial charge on any atom is 0.282 e. The van der Waals surface area contributed by atoms with Gasteiger partial charge < -0.3 is 20.6 Å². The predicted octanol–water partition coefficient (Wildman–Crippen LogP) is 2.21. The minimum absolute atomic E-state index is 0.0949. The molecule has 4 heterocycles. The second kappa shape index (κ2) is 8.73. The molecular weight excluding hydrogens is 501 g/mol. The van der Waals surface area contributed by atoms with E-state index in [1.165, 1.54) is 17.0 Å². The fourth-order valence-electron chi connectivity index (χ4n) is 4.45. The number of fused-ring (bicyclic) bond motifs is 3. The molecule has 0 radical (unpaired) electrons. The molecule has 13 heteroatoms. The number of halogens is 1. The van der Waals surface area contributed by atoms with Gasteiger partial charge in [0.1, 0.15) is 23.6 Å². The molecule has 1 amide bonds. The van der Waals surface area contributed by atoms with E-state index in [-0.39, 0.29) is 24.8 Å². The number of rotatable bonds is 4. The van der Waals surface area contributed by atoms with Gasteiger partial charge in [0.15, 0.2) is 11.9 Å². The van der Waals surface area contributed by atoms with Crippen molar-refractivity contribution in [3.05, 3.63) is 70.2 Å². The molecule has 5 aromatic rings. The Morgan fingerprint density at radius 1 is 1.24 bits per heavy atom. The zero-order valence-corrected chi connectivity index (χ0v) is 20.2. The van der Waals surface area contributed by atoms with Gasteiger partial charge >= 0.3 is 0 Å². The summed E-state index contributed by atoms with van der Waals surface area (Å²) in [6.45, 7) is 2.16. The molecule has 3 aromatic heterocycles. The number of anilines is 2. The van der Waals surface area contributed by atoms with Gasteiger partial charge in [-0.2, -0.15) is 9.36 Å². The second-order valence-corrected chi connectivity index (χ2v) is 9.39. The minimum Gasteiger partial charge on any atom is -0.382 e. The Morgan fingerprint density at radius 3 is 2.81 bits per heavy atom. The van der Waals surface area contributed by atoms with Crippen LogP contribution < -0.4 is 16.2 Å². The van der Waals surface area contributed by atoms with Crippen molar-refractivity contribution in [3.63, 3.8) is 0 Å². The third-order valence-electron chi connectivity index (χ3n) is 6.28. The van der Waals surface area contributed by atoms with Gasteiger partial charge in [-0.1, -0.05) is 0 Å². The highest BCUT2D eigenvalue weighted by molar-refractivity contribution is 7.14. The first-order valence-electron chi connectivity index (χ1n) is 11.3. The number of amides is 1. The third-order valence-corrected chi connectivity index (χ3v) is 7.17. The Morgan fingerprint density at radius 2 is 2.03 bits per heavy atom. The zero-order valence-electron chi connectivity index (χ0n) is 19.4. The van der Waals surface area contributed by atoms with E-state index in [1.807, 2.05) is 6.92 Å². The Bertz CT molecular complexity index is 1730. The lowest BCUT2D eigenvalue weighted by molar-refractivity contribution is -0.143. The quantitative estimate of drug-likeness (QED) is 0.326. The number of hydrogen-bond acceptors (Lipinski definition) is 9. The predicted molar refractivity (Wildman–Crippen MR) is 135 cm³/mol. The normalized spacial score (nSPS) is 17.1. The average Bonchev–Trinajstić information content (AvgIpc) is 3.46. The summed E-state index contributed by atoms with van der Waals surface area (Å²) in [5, 5.41) is 16.5. The van der Waals surface area contributed by atoms with Crippen LogP contribution in [0.1, 0.15) is 17.6 Å². The van der Waals surface area contributed by atoms with E-state index in [9.17, 15) is 19.1 Å². The number of H-pyrrole nitrogens is 1. The van der Waals surface area contributed by atoms with Gasteiger partial charge in [0.05, 0.1) is 34.4 Å². The fraction of sp³-hybridized carbons (Fsp3) is 0.208. The van der Waals surface area contributed by atoms with E-state index in [2.05, 4.69) is 19.4 Å². The van der Waals surface area contributed by atoms with E-state index in [0.29, 0.717) is 38.3 Å². The van der Waals surface area contributed by atoms with Crippen LogP contribution >= 0.6 is 11.5 Å². The monoisotopic (exact) mass is 521 g/mol. The standard InChI is InChI=1S/C24H20FN7O4S/c1-11-10-16(29-32(11)13-4-2-12(25)3-5-13)31-8-9-36-19(24(31)35)18(33)22-27-15-7-6-14-20(37-30-21(14)26)17(15)23(34)28-22/h2-7,10,18-19,33H,8-9H2,1H3,(H2,26,30)(H,27,28,34)/t18-,19-/m1/s1. The SMILES string of the molecule is Cc1cc(N2CCO[C@H]([C@@H](O)c3nc(=O)c4c(ccc5c(N)nsc54)[nH]3)C2=O)nn1-c1ccc(F)cc1. The van der Waals surface area contributed by atoms with Gasteiger partial charge in [-0.25, -0.2) is 9.07 Å². The summed E-state index contributed by atoms with van der Waals surface area (Å²) in [7, 11) is 0. The number of morpholine rings is 1. The number of ether oxygens (including phenoxy) is 1. The Balaban J connectivity index is 1.31. The molecular formula is C24H20FN7O4S. The lowest BCUT2D eigenvalue weighted by Crippen LogP contribution is -2.50. The Labute approximate surface area is 212 Å². The van der Waals surface area contributed by atoms with Crippen LogP contribution in [0.2, 0.25) is 0 Å². The number of benzene rings is 2. The van der Waals surface area contributed by atoms with Gasteiger partial charge in [-0.15, -0.1) is 5.10 Å². The molecule has 1 saturated heterocycles. The van der Waals surface area contributed by atoms with Crippen LogP contribution in [0.5, 0.6) is 0 Å². The van der Waals surface area contributed by atoms with Gasteiger partial charge in [0.2, 0.25) is 0 Å². The third kappa shape index (κ3) is 3.84. The molecule has 0 saturated carbocycles. The summed E-state index contributed by atoms with van der Waals surface area (Å²) in [6.07, 6.45) is -2.84. The van der Waals surface area contributed by atoms with E-state index in [4.69, 9.17) is 10.5 Å². The summed E-state index contributed by atoms with van der Waals surface area (Å²) in [5.41, 5.74) is 7.08. The number of aromatic amines is 1. The first-order chi connectivity index (χ1) is 17.8. The van der Waals surface area contributed by atoms with E-state index < -0.39 is 23.7 Å². The lowest BCUT2D eigenvalue weighted by Gasteiger charge is -2.32. The minimum atomic E-state index is -1.53. The van der Waals surface area contributed by atoms with Gasteiger partial charge in [-0.3, -0.25) is 14.5 Å². The van der Waals surface area contributed by atoms with Crippen molar-refractivity contribution in [2.75, 3.05) is 23.8 Å². The molecule has 1 aliphatic rings. The summed E-state index contributed by atoms with van der Waals surface area (Å²) in [6, 6.07) is 10.9. The number of aliphatic hydroxyl groups excluding tert-OH is 1. The number of nitrogen functional groups attached to an aromatic ring is 1. The van der Waals surface area contributed by atoms with E-state index in [0.717, 1.165) is 17.2 Å². The smallest absolute Gasteiger partial charge is 0.282 e. The average molecular weight is 522 g/mol. The highest BCUT2D eigenvalue weighted by Gasteiger charge is 2.39.